The average molecular weight is 297 g/mol. The quantitative estimate of drug-likeness (QED) is 0.840. The SMILES string of the molecule is CCOC(=O)CC(N)c1ccc(OC)nc1.Cl.Cl. The molecule has 0 aliphatic carbocycles. The van der Waals surface area contributed by atoms with Gasteiger partial charge < -0.3 is 15.2 Å². The maximum atomic E-state index is 11.2. The second kappa shape index (κ2) is 9.94. The Morgan fingerprint density at radius 1 is 1.44 bits per heavy atom. The van der Waals surface area contributed by atoms with E-state index in [0.717, 1.165) is 5.56 Å². The van der Waals surface area contributed by atoms with Crippen molar-refractivity contribution in [3.63, 3.8) is 0 Å². The lowest BCUT2D eigenvalue weighted by molar-refractivity contribution is -0.143. The molecule has 0 aromatic carbocycles. The van der Waals surface area contributed by atoms with Crippen molar-refractivity contribution in [2.75, 3.05) is 13.7 Å². The zero-order chi connectivity index (χ0) is 12.0. The fourth-order valence-electron chi connectivity index (χ4n) is 1.25. The number of hydrogen-bond acceptors (Lipinski definition) is 5. The Bertz CT molecular complexity index is 347. The predicted octanol–water partition coefficient (Wildman–Crippen LogP) is 1.89. The van der Waals surface area contributed by atoms with Crippen LogP contribution in [-0.2, 0) is 9.53 Å². The van der Waals surface area contributed by atoms with Gasteiger partial charge in [-0.2, -0.15) is 0 Å². The molecule has 0 amide bonds. The lowest BCUT2D eigenvalue weighted by atomic mass is 10.1. The fourth-order valence-corrected chi connectivity index (χ4v) is 1.25. The summed E-state index contributed by atoms with van der Waals surface area (Å²) in [6.07, 6.45) is 1.75. The third kappa shape index (κ3) is 6.05. The summed E-state index contributed by atoms with van der Waals surface area (Å²) in [6, 6.07) is 3.10. The molecular formula is C11H18Cl2N2O3. The minimum atomic E-state index is -0.391. The summed E-state index contributed by atoms with van der Waals surface area (Å²) in [4.78, 5) is 15.2. The molecule has 1 aromatic heterocycles. The molecule has 0 aliphatic heterocycles. The molecule has 5 nitrogen and oxygen atoms in total. The van der Waals surface area contributed by atoms with E-state index in [1.807, 2.05) is 0 Å². The topological polar surface area (TPSA) is 74.4 Å². The van der Waals surface area contributed by atoms with Crippen LogP contribution >= 0.6 is 24.8 Å². The van der Waals surface area contributed by atoms with Gasteiger partial charge in [0, 0.05) is 18.3 Å². The third-order valence-electron chi connectivity index (χ3n) is 2.09. The van der Waals surface area contributed by atoms with Crippen molar-refractivity contribution < 1.29 is 14.3 Å². The fraction of sp³-hybridized carbons (Fsp3) is 0.455. The van der Waals surface area contributed by atoms with E-state index in [0.29, 0.717) is 12.5 Å². The van der Waals surface area contributed by atoms with Crippen LogP contribution in [-0.4, -0.2) is 24.7 Å². The first kappa shape index (κ1) is 19.3. The van der Waals surface area contributed by atoms with Crippen molar-refractivity contribution in [1.82, 2.24) is 4.98 Å². The van der Waals surface area contributed by atoms with Crippen LogP contribution in [0.1, 0.15) is 24.9 Å². The molecule has 1 heterocycles. The first-order valence-electron chi connectivity index (χ1n) is 5.08. The average Bonchev–Trinajstić information content (AvgIpc) is 2.29. The van der Waals surface area contributed by atoms with Crippen molar-refractivity contribution in [3.05, 3.63) is 23.9 Å². The molecule has 1 aromatic rings. The van der Waals surface area contributed by atoms with Crippen LogP contribution < -0.4 is 10.5 Å². The highest BCUT2D eigenvalue weighted by atomic mass is 35.5. The zero-order valence-electron chi connectivity index (χ0n) is 10.3. The summed E-state index contributed by atoms with van der Waals surface area (Å²) in [5.74, 6) is 0.220. The molecule has 0 bridgehead atoms. The Hall–Kier alpha value is -1.04. The van der Waals surface area contributed by atoms with Gasteiger partial charge in [-0.25, -0.2) is 4.98 Å². The summed E-state index contributed by atoms with van der Waals surface area (Å²) in [5, 5.41) is 0. The summed E-state index contributed by atoms with van der Waals surface area (Å²) < 4.78 is 9.74. The first-order valence-corrected chi connectivity index (χ1v) is 5.08. The molecule has 0 fully saturated rings. The van der Waals surface area contributed by atoms with Crippen LogP contribution in [0, 0.1) is 0 Å². The third-order valence-corrected chi connectivity index (χ3v) is 2.09. The monoisotopic (exact) mass is 296 g/mol. The van der Waals surface area contributed by atoms with E-state index < -0.39 is 6.04 Å². The molecule has 0 aliphatic rings. The number of carbonyl (C=O) groups is 1. The van der Waals surface area contributed by atoms with Gasteiger partial charge in [0.1, 0.15) is 0 Å². The van der Waals surface area contributed by atoms with Gasteiger partial charge in [-0.1, -0.05) is 6.07 Å². The molecule has 7 heteroatoms. The van der Waals surface area contributed by atoms with Crippen molar-refractivity contribution in [2.45, 2.75) is 19.4 Å². The number of carbonyl (C=O) groups excluding carboxylic acids is 1. The van der Waals surface area contributed by atoms with Crippen molar-refractivity contribution in [2.24, 2.45) is 5.73 Å². The molecule has 0 radical (unpaired) electrons. The molecule has 104 valence electrons. The van der Waals surface area contributed by atoms with Crippen LogP contribution in [0.4, 0.5) is 0 Å². The highest BCUT2D eigenvalue weighted by molar-refractivity contribution is 5.85. The van der Waals surface area contributed by atoms with E-state index in [-0.39, 0.29) is 37.2 Å². The van der Waals surface area contributed by atoms with Gasteiger partial charge in [0.15, 0.2) is 0 Å². The highest BCUT2D eigenvalue weighted by Gasteiger charge is 2.12. The van der Waals surface area contributed by atoms with Gasteiger partial charge in [0.05, 0.1) is 20.1 Å². The standard InChI is InChI=1S/C11H16N2O3.2ClH/c1-3-16-11(14)6-9(12)8-4-5-10(15-2)13-7-8;;/h4-5,7,9H,3,6,12H2,1-2H3;2*1H. The second-order valence-corrected chi connectivity index (χ2v) is 3.25. The van der Waals surface area contributed by atoms with Gasteiger partial charge in [0.2, 0.25) is 5.88 Å². The number of methoxy groups -OCH3 is 1. The number of aromatic nitrogens is 1. The molecule has 0 spiro atoms. The number of pyridine rings is 1. The van der Waals surface area contributed by atoms with Crippen LogP contribution in [0.15, 0.2) is 18.3 Å². The van der Waals surface area contributed by atoms with Crippen LogP contribution in [0.5, 0.6) is 5.88 Å². The molecule has 0 saturated heterocycles. The summed E-state index contributed by atoms with van der Waals surface area (Å²) in [5.41, 5.74) is 6.62. The smallest absolute Gasteiger partial charge is 0.307 e. The molecule has 0 saturated carbocycles. The number of nitrogens with two attached hydrogens (primary N) is 1. The van der Waals surface area contributed by atoms with Gasteiger partial charge >= 0.3 is 5.97 Å². The Morgan fingerprint density at radius 3 is 2.56 bits per heavy atom. The predicted molar refractivity (Wildman–Crippen MR) is 73.5 cm³/mol. The van der Waals surface area contributed by atoms with Crippen LogP contribution in [0.3, 0.4) is 0 Å². The van der Waals surface area contributed by atoms with E-state index in [1.54, 1.807) is 32.4 Å². The number of esters is 1. The minimum absolute atomic E-state index is 0. The largest absolute Gasteiger partial charge is 0.481 e. The zero-order valence-corrected chi connectivity index (χ0v) is 11.9. The minimum Gasteiger partial charge on any atom is -0.481 e. The molecule has 1 unspecified atom stereocenters. The lowest BCUT2D eigenvalue weighted by Crippen LogP contribution is -2.17. The number of halogens is 2. The van der Waals surface area contributed by atoms with Crippen LogP contribution in [0.25, 0.3) is 0 Å². The molecule has 18 heavy (non-hydrogen) atoms. The van der Waals surface area contributed by atoms with E-state index in [2.05, 4.69) is 4.98 Å². The molecular weight excluding hydrogens is 279 g/mol. The van der Waals surface area contributed by atoms with Crippen LogP contribution in [0.2, 0.25) is 0 Å². The molecule has 1 atom stereocenters. The number of rotatable bonds is 5. The maximum Gasteiger partial charge on any atom is 0.307 e. The van der Waals surface area contributed by atoms with Gasteiger partial charge in [-0.15, -0.1) is 24.8 Å². The Labute approximate surface area is 119 Å². The number of ether oxygens (including phenoxy) is 2. The van der Waals surface area contributed by atoms with E-state index >= 15 is 0 Å². The lowest BCUT2D eigenvalue weighted by Gasteiger charge is -2.10. The Kier molecular flexibility index (Phi) is 10.7. The normalized spacial score (nSPS) is 10.6. The Balaban J connectivity index is 0. The van der Waals surface area contributed by atoms with Gasteiger partial charge in [-0.05, 0) is 12.5 Å². The van der Waals surface area contributed by atoms with E-state index in [4.69, 9.17) is 15.2 Å². The summed E-state index contributed by atoms with van der Waals surface area (Å²) >= 11 is 0. The Morgan fingerprint density at radius 2 is 2.11 bits per heavy atom. The number of nitrogens with zero attached hydrogens (tertiary/aromatic N) is 1. The molecule has 1 rings (SSSR count). The first-order chi connectivity index (χ1) is 7.67. The summed E-state index contributed by atoms with van der Waals surface area (Å²) in [6.45, 7) is 2.13. The second-order valence-electron chi connectivity index (χ2n) is 3.25. The van der Waals surface area contributed by atoms with E-state index in [9.17, 15) is 4.79 Å². The highest BCUT2D eigenvalue weighted by Crippen LogP contribution is 2.15. The van der Waals surface area contributed by atoms with Crippen molar-refractivity contribution in [1.29, 1.82) is 0 Å². The van der Waals surface area contributed by atoms with E-state index in [1.165, 1.54) is 0 Å². The number of hydrogen-bond donors (Lipinski definition) is 1. The molecule has 2 N–H and O–H groups in total. The summed E-state index contributed by atoms with van der Waals surface area (Å²) in [7, 11) is 1.54. The van der Waals surface area contributed by atoms with Gasteiger partial charge in [-0.3, -0.25) is 4.79 Å². The van der Waals surface area contributed by atoms with Crippen molar-refractivity contribution in [3.8, 4) is 5.88 Å². The van der Waals surface area contributed by atoms with Gasteiger partial charge in [0.25, 0.3) is 0 Å². The van der Waals surface area contributed by atoms with Crippen molar-refractivity contribution >= 4 is 30.8 Å². The maximum absolute atomic E-state index is 11.2.